The number of aromatic nitrogens is 3. The van der Waals surface area contributed by atoms with E-state index in [0.717, 1.165) is 29.7 Å². The molecular weight excluding hydrogens is 556 g/mol. The van der Waals surface area contributed by atoms with Gasteiger partial charge in [0.05, 0.1) is 23.8 Å². The smallest absolute Gasteiger partial charge is 0.338 e. The molecule has 1 aromatic heterocycles. The maximum absolute atomic E-state index is 13.6. The van der Waals surface area contributed by atoms with Crippen molar-refractivity contribution in [2.24, 2.45) is 0 Å². The number of hydrogen-bond donors (Lipinski definition) is 1. The van der Waals surface area contributed by atoms with Crippen molar-refractivity contribution in [3.05, 3.63) is 69.3 Å². The summed E-state index contributed by atoms with van der Waals surface area (Å²) >= 11 is 5.22. The molecule has 8 nitrogen and oxygen atoms in total. The van der Waals surface area contributed by atoms with Crippen molar-refractivity contribution < 1.29 is 19.0 Å². The van der Waals surface area contributed by atoms with E-state index in [2.05, 4.69) is 28.2 Å². The van der Waals surface area contributed by atoms with Crippen LogP contribution in [-0.4, -0.2) is 40.2 Å². The Morgan fingerprint density at radius 3 is 2.70 bits per heavy atom. The number of thioether (sulfide) groups is 1. The molecule has 0 saturated carbocycles. The Morgan fingerprint density at radius 1 is 1.22 bits per heavy atom. The summed E-state index contributed by atoms with van der Waals surface area (Å²) in [7, 11) is 1.60. The van der Waals surface area contributed by atoms with Crippen LogP contribution >= 0.6 is 27.7 Å². The average molecular weight is 588 g/mol. The zero-order chi connectivity index (χ0) is 26.4. The van der Waals surface area contributed by atoms with E-state index in [1.54, 1.807) is 23.6 Å². The van der Waals surface area contributed by atoms with Gasteiger partial charge in [0, 0.05) is 11.4 Å². The van der Waals surface area contributed by atoms with Crippen LogP contribution < -0.4 is 14.8 Å². The number of carbonyl (C=O) groups is 1. The minimum Gasteiger partial charge on any atom is -0.492 e. The number of esters is 1. The van der Waals surface area contributed by atoms with Crippen LogP contribution in [0.2, 0.25) is 0 Å². The number of benzene rings is 2. The van der Waals surface area contributed by atoms with Crippen molar-refractivity contribution in [2.45, 2.75) is 51.4 Å². The number of nitrogens with one attached hydrogen (secondary N) is 1. The van der Waals surface area contributed by atoms with E-state index < -0.39 is 12.0 Å². The summed E-state index contributed by atoms with van der Waals surface area (Å²) in [5, 5.41) is 8.71. The minimum atomic E-state index is -0.575. The summed E-state index contributed by atoms with van der Waals surface area (Å²) in [6.45, 7) is 6.56. The Hall–Kier alpha value is -2.98. The van der Waals surface area contributed by atoms with E-state index in [-0.39, 0.29) is 6.61 Å². The molecule has 37 heavy (non-hydrogen) atoms. The summed E-state index contributed by atoms with van der Waals surface area (Å²) in [5.41, 5.74) is 2.83. The highest BCUT2D eigenvalue weighted by molar-refractivity contribution is 9.10. The molecule has 0 amide bonds. The fourth-order valence-corrected chi connectivity index (χ4v) is 5.61. The Labute approximate surface area is 229 Å². The molecule has 1 aliphatic heterocycles. The van der Waals surface area contributed by atoms with Crippen LogP contribution in [0.25, 0.3) is 0 Å². The molecule has 0 saturated heterocycles. The zero-order valence-corrected chi connectivity index (χ0v) is 23.8. The number of rotatable bonds is 11. The van der Waals surface area contributed by atoms with Crippen molar-refractivity contribution in [1.29, 1.82) is 0 Å². The lowest BCUT2D eigenvalue weighted by molar-refractivity contribution is -0.140. The van der Waals surface area contributed by atoms with Crippen LogP contribution in [0, 0.1) is 0 Å². The molecule has 2 aromatic carbocycles. The summed E-state index contributed by atoms with van der Waals surface area (Å²) in [5.74, 6) is 2.23. The first-order chi connectivity index (χ1) is 18.0. The highest BCUT2D eigenvalue weighted by Gasteiger charge is 2.36. The maximum atomic E-state index is 13.6. The van der Waals surface area contributed by atoms with Crippen molar-refractivity contribution in [3.63, 3.8) is 0 Å². The fourth-order valence-electron chi connectivity index (χ4n) is 4.08. The molecule has 3 aromatic rings. The van der Waals surface area contributed by atoms with Gasteiger partial charge >= 0.3 is 5.97 Å². The number of methoxy groups -OCH3 is 1. The number of nitrogens with zero attached hydrogens (tertiary/aromatic N) is 3. The molecule has 1 aliphatic rings. The van der Waals surface area contributed by atoms with Gasteiger partial charge in [-0.05, 0) is 59.5 Å². The molecule has 0 bridgehead atoms. The molecule has 0 radical (unpaired) electrons. The zero-order valence-electron chi connectivity index (χ0n) is 21.4. The Kier molecular flexibility index (Phi) is 9.15. The van der Waals surface area contributed by atoms with Gasteiger partial charge in [0.25, 0.3) is 0 Å². The summed E-state index contributed by atoms with van der Waals surface area (Å²) in [4.78, 5) is 18.3. The van der Waals surface area contributed by atoms with Crippen LogP contribution in [0.4, 0.5) is 5.95 Å². The number of unbranched alkanes of at least 4 members (excludes halogenated alkanes) is 1. The lowest BCUT2D eigenvalue weighted by Crippen LogP contribution is -2.29. The lowest BCUT2D eigenvalue weighted by Gasteiger charge is -2.29. The van der Waals surface area contributed by atoms with Crippen LogP contribution in [0.15, 0.2) is 63.4 Å². The molecule has 0 aliphatic carbocycles. The number of fused-ring (bicyclic) bond motifs is 1. The van der Waals surface area contributed by atoms with Gasteiger partial charge in [-0.1, -0.05) is 55.4 Å². The van der Waals surface area contributed by atoms with Crippen LogP contribution in [-0.2, 0) is 16.1 Å². The lowest BCUT2D eigenvalue weighted by atomic mass is 9.95. The predicted molar refractivity (Wildman–Crippen MR) is 148 cm³/mol. The molecule has 4 rings (SSSR count). The first-order valence-corrected chi connectivity index (χ1v) is 14.0. The molecule has 1 atom stereocenters. The molecule has 10 heteroatoms. The van der Waals surface area contributed by atoms with Crippen LogP contribution in [0.1, 0.15) is 50.8 Å². The van der Waals surface area contributed by atoms with Gasteiger partial charge in [-0.25, -0.2) is 9.48 Å². The van der Waals surface area contributed by atoms with Gasteiger partial charge in [-0.15, -0.1) is 5.10 Å². The number of ether oxygens (including phenoxy) is 3. The summed E-state index contributed by atoms with van der Waals surface area (Å²) in [6, 6.07) is 12.9. The average Bonchev–Trinajstić information content (AvgIpc) is 3.29. The van der Waals surface area contributed by atoms with Gasteiger partial charge in [0.1, 0.15) is 12.6 Å². The van der Waals surface area contributed by atoms with Crippen molar-refractivity contribution in [1.82, 2.24) is 14.8 Å². The molecule has 0 spiro atoms. The quantitative estimate of drug-likeness (QED) is 0.157. The molecule has 196 valence electrons. The van der Waals surface area contributed by atoms with E-state index in [0.29, 0.717) is 45.0 Å². The van der Waals surface area contributed by atoms with E-state index in [1.165, 1.54) is 0 Å². The van der Waals surface area contributed by atoms with Gasteiger partial charge in [-0.3, -0.25) is 0 Å². The van der Waals surface area contributed by atoms with E-state index in [9.17, 15) is 4.79 Å². The van der Waals surface area contributed by atoms with Crippen molar-refractivity contribution >= 4 is 39.6 Å². The number of hydrogen-bond acceptors (Lipinski definition) is 8. The number of allylic oxidation sites excluding steroid dienone is 1. The number of anilines is 1. The third-order valence-corrected chi connectivity index (χ3v) is 7.36. The van der Waals surface area contributed by atoms with E-state index in [1.807, 2.05) is 56.3 Å². The molecular formula is C27H31BrN4O4S. The number of carbonyl (C=O) groups excluding carboxylic acids is 1. The SMILES string of the molecule is CCCCSc1nc2n(n1)C(c1cc(Br)c(OC)c(OCC)c1)C(C(=O)OCc1ccccc1)=C(C)N2. The number of halogens is 1. The van der Waals surface area contributed by atoms with Crippen molar-refractivity contribution in [3.8, 4) is 11.5 Å². The van der Waals surface area contributed by atoms with E-state index >= 15 is 0 Å². The Bertz CT molecular complexity index is 1280. The molecule has 0 fully saturated rings. The van der Waals surface area contributed by atoms with Crippen LogP contribution in [0.5, 0.6) is 11.5 Å². The first-order valence-electron chi connectivity index (χ1n) is 12.2. The summed E-state index contributed by atoms with van der Waals surface area (Å²) < 4.78 is 19.7. The standard InChI is InChI=1S/C27H31BrN4O4S/c1-5-7-13-37-27-30-26-29-17(3)22(25(33)36-16-18-11-9-8-10-12-18)23(32(26)31-27)19-14-20(28)24(34-4)21(15-19)35-6-2/h8-12,14-15,23H,5-7,13,16H2,1-4H3,(H,29,30,31). The minimum absolute atomic E-state index is 0.169. The normalized spacial score (nSPS) is 14.7. The first kappa shape index (κ1) is 27.1. The Morgan fingerprint density at radius 2 is 2.00 bits per heavy atom. The largest absolute Gasteiger partial charge is 0.492 e. The topological polar surface area (TPSA) is 87.5 Å². The second kappa shape index (κ2) is 12.5. The highest BCUT2D eigenvalue weighted by Crippen LogP contribution is 2.43. The molecule has 2 heterocycles. The van der Waals surface area contributed by atoms with Crippen LogP contribution in [0.3, 0.4) is 0 Å². The summed E-state index contributed by atoms with van der Waals surface area (Å²) in [6.07, 6.45) is 2.17. The second-order valence-corrected chi connectivity index (χ2v) is 10.4. The fraction of sp³-hybridized carbons (Fsp3) is 0.370. The van der Waals surface area contributed by atoms with E-state index in [4.69, 9.17) is 24.3 Å². The van der Waals surface area contributed by atoms with Crippen molar-refractivity contribution in [2.75, 3.05) is 24.8 Å². The third-order valence-electron chi connectivity index (χ3n) is 5.85. The maximum Gasteiger partial charge on any atom is 0.338 e. The highest BCUT2D eigenvalue weighted by atomic mass is 79.9. The monoisotopic (exact) mass is 586 g/mol. The van der Waals surface area contributed by atoms with Gasteiger partial charge in [-0.2, -0.15) is 4.98 Å². The predicted octanol–water partition coefficient (Wildman–Crippen LogP) is 6.37. The molecule has 1 N–H and O–H groups in total. The Balaban J connectivity index is 1.76. The van der Waals surface area contributed by atoms with Gasteiger partial charge < -0.3 is 19.5 Å². The molecule has 1 unspecified atom stereocenters. The van der Waals surface area contributed by atoms with Gasteiger partial charge in [0.2, 0.25) is 11.1 Å². The van der Waals surface area contributed by atoms with Gasteiger partial charge in [0.15, 0.2) is 11.5 Å². The third kappa shape index (κ3) is 6.13. The second-order valence-electron chi connectivity index (χ2n) is 8.46.